The van der Waals surface area contributed by atoms with Gasteiger partial charge in [0.05, 0.1) is 23.4 Å². The summed E-state index contributed by atoms with van der Waals surface area (Å²) in [6, 6.07) is 8.15. The van der Waals surface area contributed by atoms with Crippen LogP contribution in [0.5, 0.6) is 5.75 Å². The fourth-order valence-corrected chi connectivity index (χ4v) is 3.36. The largest absolute Gasteiger partial charge is 0.495 e. The summed E-state index contributed by atoms with van der Waals surface area (Å²) in [5, 5.41) is 0. The first kappa shape index (κ1) is 15.6. The number of ether oxygens (including phenoxy) is 1. The third kappa shape index (κ3) is 3.27. The second kappa shape index (κ2) is 5.90. The van der Waals surface area contributed by atoms with E-state index < -0.39 is 15.8 Å². The Labute approximate surface area is 130 Å². The SMILES string of the molecule is COc1ccc(S(=O)(=O)Nc2c(F)cccc2Br)cc1N. The molecule has 2 rings (SSSR count). The maximum atomic E-state index is 13.7. The average molecular weight is 375 g/mol. The zero-order valence-corrected chi connectivity index (χ0v) is 13.3. The van der Waals surface area contributed by atoms with Crippen molar-refractivity contribution in [2.45, 2.75) is 4.90 Å². The van der Waals surface area contributed by atoms with E-state index in [0.717, 1.165) is 6.07 Å². The van der Waals surface area contributed by atoms with Crippen molar-refractivity contribution in [3.05, 3.63) is 46.7 Å². The quantitative estimate of drug-likeness (QED) is 0.806. The van der Waals surface area contributed by atoms with Crippen LogP contribution in [-0.4, -0.2) is 15.5 Å². The van der Waals surface area contributed by atoms with E-state index in [1.165, 1.54) is 37.4 Å². The van der Waals surface area contributed by atoms with Gasteiger partial charge in [0.2, 0.25) is 0 Å². The van der Waals surface area contributed by atoms with E-state index in [0.29, 0.717) is 10.2 Å². The minimum atomic E-state index is -3.96. The summed E-state index contributed by atoms with van der Waals surface area (Å²) in [6.45, 7) is 0. The summed E-state index contributed by atoms with van der Waals surface area (Å²) in [5.41, 5.74) is 5.69. The number of anilines is 2. The summed E-state index contributed by atoms with van der Waals surface area (Å²) in [6.07, 6.45) is 0. The van der Waals surface area contributed by atoms with Crippen LogP contribution in [0.3, 0.4) is 0 Å². The Balaban J connectivity index is 2.41. The first-order valence-electron chi connectivity index (χ1n) is 5.75. The monoisotopic (exact) mass is 374 g/mol. The summed E-state index contributed by atoms with van der Waals surface area (Å²) >= 11 is 3.10. The minimum absolute atomic E-state index is 0.0871. The van der Waals surface area contributed by atoms with Crippen molar-refractivity contribution in [2.24, 2.45) is 0 Å². The predicted octanol–water partition coefficient (Wildman–Crippen LogP) is 2.98. The lowest BCUT2D eigenvalue weighted by atomic mass is 10.3. The Bertz CT molecular complexity index is 761. The Morgan fingerprint density at radius 2 is 2.00 bits per heavy atom. The van der Waals surface area contributed by atoms with Gasteiger partial charge in [-0.25, -0.2) is 12.8 Å². The number of nitrogens with two attached hydrogens (primary N) is 1. The number of hydrogen-bond acceptors (Lipinski definition) is 4. The van der Waals surface area contributed by atoms with Gasteiger partial charge >= 0.3 is 0 Å². The number of halogens is 2. The van der Waals surface area contributed by atoms with Crippen LogP contribution in [-0.2, 0) is 10.0 Å². The van der Waals surface area contributed by atoms with E-state index in [-0.39, 0.29) is 16.3 Å². The van der Waals surface area contributed by atoms with Crippen molar-refractivity contribution in [1.82, 2.24) is 0 Å². The van der Waals surface area contributed by atoms with Gasteiger partial charge in [0.15, 0.2) is 0 Å². The average Bonchev–Trinajstić information content (AvgIpc) is 2.43. The molecule has 0 spiro atoms. The highest BCUT2D eigenvalue weighted by Crippen LogP contribution is 2.29. The zero-order chi connectivity index (χ0) is 15.6. The van der Waals surface area contributed by atoms with Gasteiger partial charge in [-0.3, -0.25) is 4.72 Å². The molecule has 0 saturated carbocycles. The summed E-state index contributed by atoms with van der Waals surface area (Å²) in [4.78, 5) is -0.0871. The normalized spacial score (nSPS) is 11.2. The molecule has 0 amide bonds. The fraction of sp³-hybridized carbons (Fsp3) is 0.0769. The Morgan fingerprint density at radius 1 is 1.29 bits per heavy atom. The van der Waals surface area contributed by atoms with Crippen LogP contribution in [0.2, 0.25) is 0 Å². The van der Waals surface area contributed by atoms with Gasteiger partial charge in [0, 0.05) is 4.47 Å². The molecule has 0 fully saturated rings. The zero-order valence-electron chi connectivity index (χ0n) is 10.9. The number of nitrogens with one attached hydrogen (secondary N) is 1. The van der Waals surface area contributed by atoms with Crippen molar-refractivity contribution >= 4 is 37.3 Å². The minimum Gasteiger partial charge on any atom is -0.495 e. The second-order valence-electron chi connectivity index (χ2n) is 4.11. The summed E-state index contributed by atoms with van der Waals surface area (Å²) < 4.78 is 45.7. The van der Waals surface area contributed by atoms with E-state index >= 15 is 0 Å². The summed E-state index contributed by atoms with van der Waals surface area (Å²) in [5.74, 6) is -0.324. The maximum absolute atomic E-state index is 13.7. The molecule has 5 nitrogen and oxygen atoms in total. The molecule has 2 aromatic rings. The maximum Gasteiger partial charge on any atom is 0.262 e. The molecule has 8 heteroatoms. The number of nitrogen functional groups attached to an aromatic ring is 1. The van der Waals surface area contributed by atoms with Crippen molar-refractivity contribution in [2.75, 3.05) is 17.6 Å². The highest BCUT2D eigenvalue weighted by molar-refractivity contribution is 9.10. The molecule has 0 aliphatic heterocycles. The van der Waals surface area contributed by atoms with E-state index in [1.54, 1.807) is 0 Å². The van der Waals surface area contributed by atoms with Crippen molar-refractivity contribution in [1.29, 1.82) is 0 Å². The van der Waals surface area contributed by atoms with Crippen LogP contribution in [0, 0.1) is 5.82 Å². The Hall–Kier alpha value is -1.80. The lowest BCUT2D eigenvalue weighted by Crippen LogP contribution is -2.14. The molecule has 0 bridgehead atoms. The van der Waals surface area contributed by atoms with Crippen LogP contribution in [0.1, 0.15) is 0 Å². The van der Waals surface area contributed by atoms with Crippen LogP contribution in [0.25, 0.3) is 0 Å². The van der Waals surface area contributed by atoms with Crippen LogP contribution in [0.4, 0.5) is 15.8 Å². The third-order valence-corrected chi connectivity index (χ3v) is 4.72. The lowest BCUT2D eigenvalue weighted by molar-refractivity contribution is 0.416. The Morgan fingerprint density at radius 3 is 2.57 bits per heavy atom. The number of para-hydroxylation sites is 1. The molecule has 2 aromatic carbocycles. The van der Waals surface area contributed by atoms with Crippen LogP contribution >= 0.6 is 15.9 Å². The number of methoxy groups -OCH3 is 1. The molecule has 0 atom stereocenters. The topological polar surface area (TPSA) is 81.4 Å². The first-order valence-corrected chi connectivity index (χ1v) is 8.03. The van der Waals surface area contributed by atoms with Crippen LogP contribution < -0.4 is 15.2 Å². The standard InChI is InChI=1S/C13H12BrFN2O3S/c1-20-12-6-5-8(7-11(12)16)21(18,19)17-13-9(14)3-2-4-10(13)15/h2-7,17H,16H2,1H3. The van der Waals surface area contributed by atoms with Gasteiger partial charge < -0.3 is 10.5 Å². The molecule has 21 heavy (non-hydrogen) atoms. The van der Waals surface area contributed by atoms with Gasteiger partial charge in [0.1, 0.15) is 11.6 Å². The molecule has 112 valence electrons. The molecule has 3 N–H and O–H groups in total. The number of hydrogen-bond donors (Lipinski definition) is 2. The van der Waals surface area contributed by atoms with E-state index in [4.69, 9.17) is 10.5 Å². The predicted molar refractivity (Wildman–Crippen MR) is 82.3 cm³/mol. The first-order chi connectivity index (χ1) is 9.85. The van der Waals surface area contributed by atoms with Gasteiger partial charge in [-0.1, -0.05) is 6.07 Å². The molecule has 0 radical (unpaired) electrons. The molecule has 0 heterocycles. The fourth-order valence-electron chi connectivity index (χ4n) is 1.67. The molecule has 0 saturated heterocycles. The van der Waals surface area contributed by atoms with E-state index in [2.05, 4.69) is 20.7 Å². The highest BCUT2D eigenvalue weighted by Gasteiger charge is 2.19. The third-order valence-electron chi connectivity index (χ3n) is 2.71. The lowest BCUT2D eigenvalue weighted by Gasteiger charge is -2.12. The van der Waals surface area contributed by atoms with E-state index in [1.807, 2.05) is 0 Å². The van der Waals surface area contributed by atoms with Gasteiger partial charge in [0.25, 0.3) is 10.0 Å². The smallest absolute Gasteiger partial charge is 0.262 e. The van der Waals surface area contributed by atoms with Crippen LogP contribution in [0.15, 0.2) is 45.8 Å². The molecular formula is C13H12BrFN2O3S. The molecule has 0 aliphatic rings. The van der Waals surface area contributed by atoms with Gasteiger partial charge in [-0.2, -0.15) is 0 Å². The van der Waals surface area contributed by atoms with Gasteiger partial charge in [-0.05, 0) is 46.3 Å². The number of sulfonamides is 1. The molecule has 0 aliphatic carbocycles. The van der Waals surface area contributed by atoms with Gasteiger partial charge in [-0.15, -0.1) is 0 Å². The highest BCUT2D eigenvalue weighted by atomic mass is 79.9. The molecule has 0 unspecified atom stereocenters. The number of benzene rings is 2. The number of rotatable bonds is 4. The Kier molecular flexibility index (Phi) is 4.38. The van der Waals surface area contributed by atoms with Crippen molar-refractivity contribution in [3.63, 3.8) is 0 Å². The van der Waals surface area contributed by atoms with Crippen molar-refractivity contribution in [3.8, 4) is 5.75 Å². The summed E-state index contributed by atoms with van der Waals surface area (Å²) in [7, 11) is -2.54. The molecule has 0 aromatic heterocycles. The second-order valence-corrected chi connectivity index (χ2v) is 6.64. The van der Waals surface area contributed by atoms with Crippen molar-refractivity contribution < 1.29 is 17.5 Å². The van der Waals surface area contributed by atoms with E-state index in [9.17, 15) is 12.8 Å². The molecular weight excluding hydrogens is 363 g/mol.